The number of aliphatic carboxylic acids is 1. The Bertz CT molecular complexity index is 283. The number of hydrogen-bond acceptors (Lipinski definition) is 4. The van der Waals surface area contributed by atoms with E-state index in [2.05, 4.69) is 0 Å². The molecule has 0 aliphatic carbocycles. The highest BCUT2D eigenvalue weighted by molar-refractivity contribution is 8.00. The van der Waals surface area contributed by atoms with E-state index in [-0.39, 0.29) is 17.8 Å². The van der Waals surface area contributed by atoms with Crippen LogP contribution in [0.4, 0.5) is 0 Å². The highest BCUT2D eigenvalue weighted by Gasteiger charge is 2.40. The number of hydrogen-bond donors (Lipinski definition) is 1. The Morgan fingerprint density at radius 2 is 2.12 bits per heavy atom. The molecule has 0 radical (unpaired) electrons. The first-order valence-corrected chi connectivity index (χ1v) is 6.32. The molecule has 6 heteroatoms. The smallest absolute Gasteiger partial charge is 0.327 e. The Hall–Kier alpha value is -0.750. The summed E-state index contributed by atoms with van der Waals surface area (Å²) in [6.45, 7) is 2.23. The fourth-order valence-corrected chi connectivity index (χ4v) is 3.12. The number of carbonyl (C=O) groups excluding carboxylic acids is 1. The van der Waals surface area contributed by atoms with Gasteiger partial charge in [-0.05, 0) is 20.5 Å². The summed E-state index contributed by atoms with van der Waals surface area (Å²) in [4.78, 5) is 26.3. The van der Waals surface area contributed by atoms with Crippen molar-refractivity contribution in [2.75, 3.05) is 26.4 Å². The highest BCUT2D eigenvalue weighted by Crippen LogP contribution is 2.31. The van der Waals surface area contributed by atoms with E-state index >= 15 is 0 Å². The van der Waals surface area contributed by atoms with Crippen molar-refractivity contribution in [2.24, 2.45) is 0 Å². The van der Waals surface area contributed by atoms with Crippen LogP contribution in [0, 0.1) is 0 Å². The Kier molecular flexibility index (Phi) is 4.61. The van der Waals surface area contributed by atoms with Crippen LogP contribution in [0.5, 0.6) is 0 Å². The lowest BCUT2D eigenvalue weighted by Gasteiger charge is -2.27. The third-order valence-corrected chi connectivity index (χ3v) is 3.92. The minimum atomic E-state index is -0.907. The van der Waals surface area contributed by atoms with Gasteiger partial charge in [0.1, 0.15) is 6.04 Å². The topological polar surface area (TPSA) is 60.9 Å². The van der Waals surface area contributed by atoms with Crippen molar-refractivity contribution < 1.29 is 14.7 Å². The lowest BCUT2D eigenvalue weighted by atomic mass is 10.2. The van der Waals surface area contributed by atoms with Gasteiger partial charge in [0.05, 0.1) is 11.9 Å². The van der Waals surface area contributed by atoms with Crippen molar-refractivity contribution in [1.82, 2.24) is 9.80 Å². The molecule has 1 aliphatic rings. The number of thioether (sulfide) groups is 1. The van der Waals surface area contributed by atoms with Gasteiger partial charge in [-0.3, -0.25) is 4.79 Å². The third-order valence-electron chi connectivity index (χ3n) is 2.47. The summed E-state index contributed by atoms with van der Waals surface area (Å²) in [5, 5.41) is 9.07. The van der Waals surface area contributed by atoms with Gasteiger partial charge >= 0.3 is 5.97 Å². The number of carboxylic acids is 1. The molecule has 1 N–H and O–H groups in total. The maximum atomic E-state index is 11.9. The lowest BCUT2D eigenvalue weighted by Crippen LogP contribution is -2.48. The standard InChI is InChI=1S/C10H18N2O3S/c1-4-9-12(8(13)5-11(2)3)7(6-16-9)10(14)15/h7,9H,4-6H2,1-3H3,(H,14,15). The molecular formula is C10H18N2O3S. The second-order valence-corrected chi connectivity index (χ2v) is 5.30. The molecule has 1 saturated heterocycles. The minimum Gasteiger partial charge on any atom is -0.480 e. The number of likely N-dealkylation sites (N-methyl/N-ethyl adjacent to an activating group) is 1. The highest BCUT2D eigenvalue weighted by atomic mass is 32.2. The predicted octanol–water partition coefficient (Wildman–Crippen LogP) is 0.313. The third kappa shape index (κ3) is 2.89. The van der Waals surface area contributed by atoms with Crippen molar-refractivity contribution >= 4 is 23.6 Å². The monoisotopic (exact) mass is 246 g/mol. The number of nitrogens with zero attached hydrogens (tertiary/aromatic N) is 2. The van der Waals surface area contributed by atoms with Gasteiger partial charge < -0.3 is 14.9 Å². The second kappa shape index (κ2) is 5.54. The molecule has 0 aromatic rings. The van der Waals surface area contributed by atoms with Crippen molar-refractivity contribution in [3.63, 3.8) is 0 Å². The van der Waals surface area contributed by atoms with Gasteiger partial charge in [-0.25, -0.2) is 4.79 Å². The number of amides is 1. The number of carbonyl (C=O) groups is 2. The summed E-state index contributed by atoms with van der Waals surface area (Å²) in [5.74, 6) is -0.516. The fraction of sp³-hybridized carbons (Fsp3) is 0.800. The molecule has 0 aromatic heterocycles. The Morgan fingerprint density at radius 3 is 2.56 bits per heavy atom. The van der Waals surface area contributed by atoms with Crippen LogP contribution >= 0.6 is 11.8 Å². The molecular weight excluding hydrogens is 228 g/mol. The molecule has 0 bridgehead atoms. The molecule has 1 heterocycles. The van der Waals surface area contributed by atoms with Crippen LogP contribution in [0.2, 0.25) is 0 Å². The minimum absolute atomic E-state index is 0.00792. The average molecular weight is 246 g/mol. The van der Waals surface area contributed by atoms with Crippen LogP contribution in [0.25, 0.3) is 0 Å². The summed E-state index contributed by atoms with van der Waals surface area (Å²) >= 11 is 1.55. The zero-order valence-electron chi connectivity index (χ0n) is 9.84. The molecule has 5 nitrogen and oxygen atoms in total. The summed E-state index contributed by atoms with van der Waals surface area (Å²) in [5.41, 5.74) is 0. The van der Waals surface area contributed by atoms with Crippen LogP contribution in [-0.4, -0.2) is 64.6 Å². The Labute approximate surface area is 99.8 Å². The van der Waals surface area contributed by atoms with Gasteiger partial charge in [0.2, 0.25) is 5.91 Å². The average Bonchev–Trinajstić information content (AvgIpc) is 2.59. The SMILES string of the molecule is CCC1SCC(C(=O)O)N1C(=O)CN(C)C. The van der Waals surface area contributed by atoms with E-state index in [0.717, 1.165) is 6.42 Å². The molecule has 0 aromatic carbocycles. The van der Waals surface area contributed by atoms with Gasteiger partial charge in [0.15, 0.2) is 0 Å². The molecule has 2 unspecified atom stereocenters. The van der Waals surface area contributed by atoms with Gasteiger partial charge in [-0.2, -0.15) is 0 Å². The molecule has 2 atom stereocenters. The molecule has 1 fully saturated rings. The van der Waals surface area contributed by atoms with Crippen molar-refractivity contribution in [3.05, 3.63) is 0 Å². The zero-order valence-corrected chi connectivity index (χ0v) is 10.7. The number of carboxylic acid groups (broad SMARTS) is 1. The molecule has 92 valence electrons. The molecule has 0 saturated carbocycles. The molecule has 1 aliphatic heterocycles. The Morgan fingerprint density at radius 1 is 1.50 bits per heavy atom. The van der Waals surface area contributed by atoms with Gasteiger partial charge in [0, 0.05) is 5.75 Å². The maximum Gasteiger partial charge on any atom is 0.327 e. The molecule has 0 spiro atoms. The van der Waals surface area contributed by atoms with E-state index in [1.807, 2.05) is 6.92 Å². The van der Waals surface area contributed by atoms with Gasteiger partial charge in [0.25, 0.3) is 0 Å². The molecule has 1 amide bonds. The maximum absolute atomic E-state index is 11.9. The van der Waals surface area contributed by atoms with Crippen LogP contribution < -0.4 is 0 Å². The summed E-state index contributed by atoms with van der Waals surface area (Å²) < 4.78 is 0. The van der Waals surface area contributed by atoms with Crippen molar-refractivity contribution in [1.29, 1.82) is 0 Å². The zero-order chi connectivity index (χ0) is 12.3. The largest absolute Gasteiger partial charge is 0.480 e. The summed E-state index contributed by atoms with van der Waals surface area (Å²) in [7, 11) is 3.61. The van der Waals surface area contributed by atoms with E-state index in [4.69, 9.17) is 5.11 Å². The Balaban J connectivity index is 2.77. The van der Waals surface area contributed by atoms with Crippen LogP contribution in [0.1, 0.15) is 13.3 Å². The normalized spacial score (nSPS) is 25.1. The number of rotatable bonds is 4. The second-order valence-electron chi connectivity index (χ2n) is 4.09. The summed E-state index contributed by atoms with van der Waals surface area (Å²) in [6, 6.07) is -0.664. The quantitative estimate of drug-likeness (QED) is 0.773. The summed E-state index contributed by atoms with van der Waals surface area (Å²) in [6.07, 6.45) is 0.785. The predicted molar refractivity (Wildman–Crippen MR) is 63.4 cm³/mol. The molecule has 16 heavy (non-hydrogen) atoms. The first-order valence-electron chi connectivity index (χ1n) is 5.27. The van der Waals surface area contributed by atoms with E-state index in [9.17, 15) is 9.59 Å². The first-order chi connectivity index (χ1) is 7.47. The first kappa shape index (κ1) is 13.3. The van der Waals surface area contributed by atoms with Crippen LogP contribution in [-0.2, 0) is 9.59 Å². The van der Waals surface area contributed by atoms with Gasteiger partial charge in [-0.15, -0.1) is 11.8 Å². The van der Waals surface area contributed by atoms with Crippen molar-refractivity contribution in [3.8, 4) is 0 Å². The van der Waals surface area contributed by atoms with E-state index in [0.29, 0.717) is 5.75 Å². The van der Waals surface area contributed by atoms with Gasteiger partial charge in [-0.1, -0.05) is 6.92 Å². The lowest BCUT2D eigenvalue weighted by molar-refractivity contribution is -0.149. The van der Waals surface area contributed by atoms with E-state index in [1.54, 1.807) is 30.8 Å². The van der Waals surface area contributed by atoms with E-state index < -0.39 is 12.0 Å². The molecule has 1 rings (SSSR count). The van der Waals surface area contributed by atoms with E-state index in [1.165, 1.54) is 4.90 Å². The van der Waals surface area contributed by atoms with Crippen molar-refractivity contribution in [2.45, 2.75) is 24.8 Å². The van der Waals surface area contributed by atoms with Crippen LogP contribution in [0.15, 0.2) is 0 Å². The fourth-order valence-electron chi connectivity index (χ4n) is 1.75. The van der Waals surface area contributed by atoms with Crippen LogP contribution in [0.3, 0.4) is 0 Å².